The quantitative estimate of drug-likeness (QED) is 0.839. The smallest absolute Gasteiger partial charge is 0.231 e. The van der Waals surface area contributed by atoms with Crippen molar-refractivity contribution in [2.24, 2.45) is 0 Å². The second-order valence-corrected chi connectivity index (χ2v) is 6.95. The van der Waals surface area contributed by atoms with Crippen LogP contribution in [0.2, 0.25) is 0 Å². The predicted molar refractivity (Wildman–Crippen MR) is 70.4 cm³/mol. The van der Waals surface area contributed by atoms with E-state index in [2.05, 4.69) is 19.2 Å². The molecule has 18 heavy (non-hydrogen) atoms. The molecule has 98 valence electrons. The maximum absolute atomic E-state index is 11.9. The Morgan fingerprint density at radius 1 is 1.33 bits per heavy atom. The SMILES string of the molecule is CC1(C)CS(=O)CC(c2ccc3c(c2)OCO3)N1. The lowest BCUT2D eigenvalue weighted by Crippen LogP contribution is -2.52. The number of rotatable bonds is 1. The highest BCUT2D eigenvalue weighted by atomic mass is 32.2. The summed E-state index contributed by atoms with van der Waals surface area (Å²) < 4.78 is 22.6. The zero-order valence-corrected chi connectivity index (χ0v) is 11.4. The van der Waals surface area contributed by atoms with Crippen LogP contribution in [0.4, 0.5) is 0 Å². The third-order valence-electron chi connectivity index (χ3n) is 3.24. The highest BCUT2D eigenvalue weighted by Crippen LogP contribution is 2.35. The van der Waals surface area contributed by atoms with Crippen molar-refractivity contribution in [3.05, 3.63) is 23.8 Å². The van der Waals surface area contributed by atoms with Crippen LogP contribution >= 0.6 is 0 Å². The Hall–Kier alpha value is -1.07. The lowest BCUT2D eigenvalue weighted by molar-refractivity contribution is 0.174. The van der Waals surface area contributed by atoms with Crippen molar-refractivity contribution >= 4 is 10.8 Å². The van der Waals surface area contributed by atoms with Gasteiger partial charge in [0.2, 0.25) is 6.79 Å². The molecule has 0 spiro atoms. The van der Waals surface area contributed by atoms with Crippen LogP contribution < -0.4 is 14.8 Å². The summed E-state index contributed by atoms with van der Waals surface area (Å²) >= 11 is 0. The summed E-state index contributed by atoms with van der Waals surface area (Å²) in [6, 6.07) is 6.04. The monoisotopic (exact) mass is 267 g/mol. The molecular formula is C13H17NO3S. The van der Waals surface area contributed by atoms with Crippen LogP contribution in [-0.4, -0.2) is 28.0 Å². The van der Waals surface area contributed by atoms with Gasteiger partial charge in [0, 0.05) is 33.9 Å². The second kappa shape index (κ2) is 4.24. The minimum Gasteiger partial charge on any atom is -0.454 e. The van der Waals surface area contributed by atoms with Gasteiger partial charge in [0.15, 0.2) is 11.5 Å². The van der Waals surface area contributed by atoms with Crippen LogP contribution in [0.1, 0.15) is 25.5 Å². The highest BCUT2D eigenvalue weighted by molar-refractivity contribution is 7.85. The lowest BCUT2D eigenvalue weighted by Gasteiger charge is -2.36. The molecule has 3 rings (SSSR count). The van der Waals surface area contributed by atoms with Gasteiger partial charge in [-0.1, -0.05) is 6.07 Å². The van der Waals surface area contributed by atoms with Gasteiger partial charge >= 0.3 is 0 Å². The zero-order chi connectivity index (χ0) is 12.8. The van der Waals surface area contributed by atoms with Crippen LogP contribution in [0.15, 0.2) is 18.2 Å². The Bertz CT molecular complexity index is 501. The van der Waals surface area contributed by atoms with E-state index >= 15 is 0 Å². The van der Waals surface area contributed by atoms with Gasteiger partial charge in [-0.3, -0.25) is 4.21 Å². The van der Waals surface area contributed by atoms with E-state index in [4.69, 9.17) is 9.47 Å². The van der Waals surface area contributed by atoms with Gasteiger partial charge in [0.25, 0.3) is 0 Å². The summed E-state index contributed by atoms with van der Waals surface area (Å²) in [5.74, 6) is 2.93. The van der Waals surface area contributed by atoms with Crippen molar-refractivity contribution in [3.63, 3.8) is 0 Å². The number of ether oxygens (including phenoxy) is 2. The number of hydrogen-bond donors (Lipinski definition) is 1. The molecule has 2 aliphatic rings. The first-order chi connectivity index (χ1) is 8.53. The van der Waals surface area contributed by atoms with Gasteiger partial charge in [0.05, 0.1) is 0 Å². The molecule has 0 radical (unpaired) electrons. The lowest BCUT2D eigenvalue weighted by atomic mass is 10.0. The van der Waals surface area contributed by atoms with Crippen LogP contribution in [0, 0.1) is 0 Å². The average molecular weight is 267 g/mol. The fraction of sp³-hybridized carbons (Fsp3) is 0.538. The first-order valence-corrected chi connectivity index (χ1v) is 7.54. The molecule has 0 saturated carbocycles. The highest BCUT2D eigenvalue weighted by Gasteiger charge is 2.32. The molecule has 2 atom stereocenters. The van der Waals surface area contributed by atoms with E-state index in [1.807, 2.05) is 18.2 Å². The van der Waals surface area contributed by atoms with Crippen LogP contribution in [0.5, 0.6) is 11.5 Å². The summed E-state index contributed by atoms with van der Waals surface area (Å²) in [7, 11) is -0.773. The molecule has 1 aromatic carbocycles. The van der Waals surface area contributed by atoms with Crippen molar-refractivity contribution < 1.29 is 13.7 Å². The molecule has 2 heterocycles. The molecule has 1 N–H and O–H groups in total. The predicted octanol–water partition coefficient (Wildman–Crippen LogP) is 1.59. The largest absolute Gasteiger partial charge is 0.454 e. The molecule has 2 aliphatic heterocycles. The third kappa shape index (κ3) is 2.24. The van der Waals surface area contributed by atoms with Gasteiger partial charge in [-0.05, 0) is 31.5 Å². The van der Waals surface area contributed by atoms with Crippen LogP contribution in [0.25, 0.3) is 0 Å². The molecule has 5 heteroatoms. The Kier molecular flexibility index (Phi) is 2.83. The molecule has 1 saturated heterocycles. The minimum atomic E-state index is -0.773. The Labute approximate surface area is 109 Å². The van der Waals surface area contributed by atoms with Gasteiger partial charge in [-0.25, -0.2) is 0 Å². The molecule has 0 aromatic heterocycles. The molecule has 2 unspecified atom stereocenters. The van der Waals surface area contributed by atoms with Crippen molar-refractivity contribution in [2.45, 2.75) is 25.4 Å². The summed E-state index contributed by atoms with van der Waals surface area (Å²) in [5, 5.41) is 3.54. The Morgan fingerprint density at radius 2 is 2.11 bits per heavy atom. The summed E-state index contributed by atoms with van der Waals surface area (Å²) in [6.45, 7) is 4.46. The first-order valence-electron chi connectivity index (χ1n) is 6.06. The van der Waals surface area contributed by atoms with Crippen molar-refractivity contribution in [1.29, 1.82) is 0 Å². The molecule has 0 bridgehead atoms. The minimum absolute atomic E-state index is 0.0931. The van der Waals surface area contributed by atoms with Crippen molar-refractivity contribution in [3.8, 4) is 11.5 Å². The van der Waals surface area contributed by atoms with Gasteiger partial charge in [0.1, 0.15) is 0 Å². The Balaban J connectivity index is 1.88. The number of nitrogens with one attached hydrogen (secondary N) is 1. The van der Waals surface area contributed by atoms with Crippen molar-refractivity contribution in [2.75, 3.05) is 18.3 Å². The van der Waals surface area contributed by atoms with Crippen molar-refractivity contribution in [1.82, 2.24) is 5.32 Å². The summed E-state index contributed by atoms with van der Waals surface area (Å²) in [4.78, 5) is 0. The number of hydrogen-bond acceptors (Lipinski definition) is 4. The summed E-state index contributed by atoms with van der Waals surface area (Å²) in [6.07, 6.45) is 0. The first kappa shape index (κ1) is 12.0. The molecule has 0 aliphatic carbocycles. The molecule has 4 nitrogen and oxygen atoms in total. The van der Waals surface area contributed by atoms with E-state index < -0.39 is 10.8 Å². The third-order valence-corrected chi connectivity index (χ3v) is 4.99. The number of benzene rings is 1. The average Bonchev–Trinajstić information content (AvgIpc) is 2.72. The molecule has 0 amide bonds. The van der Waals surface area contributed by atoms with Gasteiger partial charge in [-0.15, -0.1) is 0 Å². The fourth-order valence-corrected chi connectivity index (χ4v) is 4.17. The molecule has 1 fully saturated rings. The zero-order valence-electron chi connectivity index (χ0n) is 10.6. The summed E-state index contributed by atoms with van der Waals surface area (Å²) in [5.41, 5.74) is 1.02. The molecule has 1 aromatic rings. The standard InChI is InChI=1S/C13H17NO3S/c1-13(2)7-18(15)6-10(14-13)9-3-4-11-12(5-9)17-8-16-11/h3-5,10,14H,6-8H2,1-2H3. The topological polar surface area (TPSA) is 47.6 Å². The fourth-order valence-electron chi connectivity index (χ4n) is 2.51. The Morgan fingerprint density at radius 3 is 2.89 bits per heavy atom. The van der Waals surface area contributed by atoms with Crippen LogP contribution in [-0.2, 0) is 10.8 Å². The van der Waals surface area contributed by atoms with Gasteiger partial charge < -0.3 is 14.8 Å². The van der Waals surface area contributed by atoms with E-state index in [-0.39, 0.29) is 18.4 Å². The second-order valence-electron chi connectivity index (χ2n) is 5.44. The van der Waals surface area contributed by atoms with E-state index in [9.17, 15) is 4.21 Å². The van der Waals surface area contributed by atoms with E-state index in [1.165, 1.54) is 0 Å². The maximum Gasteiger partial charge on any atom is 0.231 e. The van der Waals surface area contributed by atoms with E-state index in [1.54, 1.807) is 0 Å². The molecular weight excluding hydrogens is 250 g/mol. The normalized spacial score (nSPS) is 29.2. The maximum atomic E-state index is 11.9. The van der Waals surface area contributed by atoms with Crippen LogP contribution in [0.3, 0.4) is 0 Å². The number of fused-ring (bicyclic) bond motifs is 1. The van der Waals surface area contributed by atoms with Gasteiger partial charge in [-0.2, -0.15) is 0 Å². The van der Waals surface area contributed by atoms with E-state index in [0.29, 0.717) is 11.5 Å². The van der Waals surface area contributed by atoms with E-state index in [0.717, 1.165) is 17.1 Å².